The van der Waals surface area contributed by atoms with E-state index in [1.807, 2.05) is 36.1 Å². The first-order chi connectivity index (χ1) is 11.0. The molecule has 0 radical (unpaired) electrons. The Balaban J connectivity index is 1.92. The highest BCUT2D eigenvalue weighted by molar-refractivity contribution is 5.94. The highest BCUT2D eigenvalue weighted by atomic mass is 16.5. The van der Waals surface area contributed by atoms with Crippen LogP contribution in [0.3, 0.4) is 0 Å². The maximum absolute atomic E-state index is 12.6. The van der Waals surface area contributed by atoms with Gasteiger partial charge in [0.25, 0.3) is 5.91 Å². The number of hydrogen-bond donors (Lipinski definition) is 1. The second-order valence-electron chi connectivity index (χ2n) is 7.07. The topological polar surface area (TPSA) is 55.6 Å². The molecule has 1 aliphatic rings. The van der Waals surface area contributed by atoms with Crippen molar-refractivity contribution in [2.24, 2.45) is 17.6 Å². The summed E-state index contributed by atoms with van der Waals surface area (Å²) >= 11 is 0. The number of carbonyl (C=O) groups is 1. The quantitative estimate of drug-likeness (QED) is 0.875. The van der Waals surface area contributed by atoms with Crippen LogP contribution in [0.25, 0.3) is 0 Å². The van der Waals surface area contributed by atoms with Gasteiger partial charge in [-0.25, -0.2) is 0 Å². The van der Waals surface area contributed by atoms with Crippen LogP contribution in [-0.4, -0.2) is 36.5 Å². The summed E-state index contributed by atoms with van der Waals surface area (Å²) in [5.41, 5.74) is 6.73. The van der Waals surface area contributed by atoms with Gasteiger partial charge in [0.1, 0.15) is 5.75 Å². The Morgan fingerprint density at radius 1 is 1.30 bits per heavy atom. The SMILES string of the molecule is CC(C)CCOc1ccc(C(=O)N2CCCC(C(C)N)C2)cc1. The maximum atomic E-state index is 12.6. The number of nitrogens with two attached hydrogens (primary N) is 1. The van der Waals surface area contributed by atoms with Crippen LogP contribution in [0.5, 0.6) is 5.75 Å². The Bertz CT molecular complexity index is 497. The van der Waals surface area contributed by atoms with Crippen molar-refractivity contribution in [2.45, 2.75) is 46.1 Å². The molecule has 2 atom stereocenters. The second kappa shape index (κ2) is 8.34. The minimum absolute atomic E-state index is 0.101. The first kappa shape index (κ1) is 17.8. The normalized spacial score (nSPS) is 19.7. The minimum Gasteiger partial charge on any atom is -0.494 e. The molecule has 1 amide bonds. The molecule has 1 heterocycles. The van der Waals surface area contributed by atoms with E-state index < -0.39 is 0 Å². The average Bonchev–Trinajstić information content (AvgIpc) is 2.54. The van der Waals surface area contributed by atoms with Crippen LogP contribution in [-0.2, 0) is 0 Å². The van der Waals surface area contributed by atoms with Crippen LogP contribution in [0, 0.1) is 11.8 Å². The first-order valence-corrected chi connectivity index (χ1v) is 8.75. The fourth-order valence-electron chi connectivity index (χ4n) is 2.91. The number of piperidine rings is 1. The van der Waals surface area contributed by atoms with Gasteiger partial charge >= 0.3 is 0 Å². The summed E-state index contributed by atoms with van der Waals surface area (Å²) in [5.74, 6) is 1.97. The van der Waals surface area contributed by atoms with E-state index in [2.05, 4.69) is 13.8 Å². The molecule has 1 fully saturated rings. The number of ether oxygens (including phenoxy) is 1. The largest absolute Gasteiger partial charge is 0.494 e. The lowest BCUT2D eigenvalue weighted by atomic mass is 9.92. The molecule has 2 unspecified atom stereocenters. The zero-order valence-corrected chi connectivity index (χ0v) is 14.6. The Labute approximate surface area is 140 Å². The average molecular weight is 318 g/mol. The Kier molecular flexibility index (Phi) is 6.46. The summed E-state index contributed by atoms with van der Waals surface area (Å²) in [5, 5.41) is 0. The summed E-state index contributed by atoms with van der Waals surface area (Å²) in [7, 11) is 0. The van der Waals surface area contributed by atoms with Gasteiger partial charge in [0, 0.05) is 24.7 Å². The summed E-state index contributed by atoms with van der Waals surface area (Å²) < 4.78 is 5.70. The van der Waals surface area contributed by atoms with Gasteiger partial charge in [0.05, 0.1) is 6.61 Å². The molecule has 2 rings (SSSR count). The second-order valence-corrected chi connectivity index (χ2v) is 7.07. The van der Waals surface area contributed by atoms with Crippen molar-refractivity contribution < 1.29 is 9.53 Å². The molecule has 128 valence electrons. The van der Waals surface area contributed by atoms with E-state index in [9.17, 15) is 4.79 Å². The van der Waals surface area contributed by atoms with E-state index in [1.165, 1.54) is 0 Å². The number of rotatable bonds is 6. The standard InChI is InChI=1S/C19H30N2O2/c1-14(2)10-12-23-18-8-6-16(7-9-18)19(22)21-11-4-5-17(13-21)15(3)20/h6-9,14-15,17H,4-5,10-13,20H2,1-3H3. The first-order valence-electron chi connectivity index (χ1n) is 8.75. The van der Waals surface area contributed by atoms with Crippen molar-refractivity contribution in [1.29, 1.82) is 0 Å². The molecule has 2 N–H and O–H groups in total. The summed E-state index contributed by atoms with van der Waals surface area (Å²) in [6, 6.07) is 7.65. The Hall–Kier alpha value is -1.55. The van der Waals surface area contributed by atoms with Gasteiger partial charge in [-0.2, -0.15) is 0 Å². The molecule has 0 spiro atoms. The fraction of sp³-hybridized carbons (Fsp3) is 0.632. The molecular formula is C19H30N2O2. The molecule has 0 saturated carbocycles. The molecule has 23 heavy (non-hydrogen) atoms. The predicted molar refractivity (Wildman–Crippen MR) is 93.7 cm³/mol. The van der Waals surface area contributed by atoms with Gasteiger partial charge < -0.3 is 15.4 Å². The van der Waals surface area contributed by atoms with Crippen molar-refractivity contribution >= 4 is 5.91 Å². The zero-order chi connectivity index (χ0) is 16.8. The summed E-state index contributed by atoms with van der Waals surface area (Å²) in [6.07, 6.45) is 3.19. The van der Waals surface area contributed by atoms with Crippen LogP contribution in [0.15, 0.2) is 24.3 Å². The number of hydrogen-bond acceptors (Lipinski definition) is 3. The van der Waals surface area contributed by atoms with Gasteiger partial charge in [-0.15, -0.1) is 0 Å². The third-order valence-electron chi connectivity index (χ3n) is 4.55. The fourth-order valence-corrected chi connectivity index (χ4v) is 2.91. The van der Waals surface area contributed by atoms with Crippen LogP contribution in [0.1, 0.15) is 50.4 Å². The molecule has 0 aliphatic carbocycles. The molecule has 1 aliphatic heterocycles. The Morgan fingerprint density at radius 3 is 2.61 bits per heavy atom. The van der Waals surface area contributed by atoms with E-state index >= 15 is 0 Å². The number of benzene rings is 1. The highest BCUT2D eigenvalue weighted by Crippen LogP contribution is 2.21. The lowest BCUT2D eigenvalue weighted by Gasteiger charge is -2.34. The van der Waals surface area contributed by atoms with Crippen molar-refractivity contribution in [1.82, 2.24) is 4.90 Å². The lowest BCUT2D eigenvalue weighted by Crippen LogP contribution is -2.45. The number of nitrogens with zero attached hydrogens (tertiary/aromatic N) is 1. The minimum atomic E-state index is 0.101. The molecular weight excluding hydrogens is 288 g/mol. The van der Waals surface area contributed by atoms with E-state index in [0.29, 0.717) is 18.4 Å². The van der Waals surface area contributed by atoms with Crippen LogP contribution in [0.4, 0.5) is 0 Å². The van der Waals surface area contributed by atoms with Gasteiger partial charge in [0.15, 0.2) is 0 Å². The number of amides is 1. The highest BCUT2D eigenvalue weighted by Gasteiger charge is 2.26. The van der Waals surface area contributed by atoms with E-state index in [0.717, 1.165) is 43.7 Å². The number of carbonyl (C=O) groups excluding carboxylic acids is 1. The number of likely N-dealkylation sites (tertiary alicyclic amines) is 1. The van der Waals surface area contributed by atoms with Crippen LogP contribution >= 0.6 is 0 Å². The van der Waals surface area contributed by atoms with Gasteiger partial charge in [-0.1, -0.05) is 13.8 Å². The van der Waals surface area contributed by atoms with Crippen molar-refractivity contribution in [3.05, 3.63) is 29.8 Å². The van der Waals surface area contributed by atoms with E-state index in [4.69, 9.17) is 10.5 Å². The summed E-state index contributed by atoms with van der Waals surface area (Å²) in [6.45, 7) is 8.70. The third-order valence-corrected chi connectivity index (χ3v) is 4.55. The monoisotopic (exact) mass is 318 g/mol. The molecule has 4 nitrogen and oxygen atoms in total. The molecule has 0 bridgehead atoms. The molecule has 1 aromatic rings. The molecule has 1 aromatic carbocycles. The van der Waals surface area contributed by atoms with Gasteiger partial charge in [-0.05, 0) is 62.3 Å². The van der Waals surface area contributed by atoms with Crippen molar-refractivity contribution in [2.75, 3.05) is 19.7 Å². The van der Waals surface area contributed by atoms with Crippen molar-refractivity contribution in [3.63, 3.8) is 0 Å². The lowest BCUT2D eigenvalue weighted by molar-refractivity contribution is 0.0661. The smallest absolute Gasteiger partial charge is 0.253 e. The van der Waals surface area contributed by atoms with Crippen molar-refractivity contribution in [3.8, 4) is 5.75 Å². The summed E-state index contributed by atoms with van der Waals surface area (Å²) in [4.78, 5) is 14.6. The van der Waals surface area contributed by atoms with Crippen LogP contribution < -0.4 is 10.5 Å². The van der Waals surface area contributed by atoms with Crippen LogP contribution in [0.2, 0.25) is 0 Å². The predicted octanol–water partition coefficient (Wildman–Crippen LogP) is 3.31. The Morgan fingerprint density at radius 2 is 2.00 bits per heavy atom. The maximum Gasteiger partial charge on any atom is 0.253 e. The van der Waals surface area contributed by atoms with Gasteiger partial charge in [-0.3, -0.25) is 4.79 Å². The molecule has 4 heteroatoms. The zero-order valence-electron chi connectivity index (χ0n) is 14.6. The molecule has 0 aromatic heterocycles. The van der Waals surface area contributed by atoms with E-state index in [1.54, 1.807) is 0 Å². The third kappa shape index (κ3) is 5.24. The van der Waals surface area contributed by atoms with Gasteiger partial charge in [0.2, 0.25) is 0 Å². The molecule has 1 saturated heterocycles. The van der Waals surface area contributed by atoms with E-state index in [-0.39, 0.29) is 11.9 Å².